The fourth-order valence-electron chi connectivity index (χ4n) is 3.86. The predicted octanol–water partition coefficient (Wildman–Crippen LogP) is 6.11. The Morgan fingerprint density at radius 2 is 1.84 bits per heavy atom. The Hall–Kier alpha value is -3.92. The van der Waals surface area contributed by atoms with Gasteiger partial charge in [0.2, 0.25) is 6.54 Å². The van der Waals surface area contributed by atoms with Gasteiger partial charge in [0.1, 0.15) is 23.5 Å². The molecule has 0 N–H and O–H groups in total. The van der Waals surface area contributed by atoms with E-state index in [1.807, 2.05) is 49.6 Å². The van der Waals surface area contributed by atoms with Crippen LogP contribution in [0.2, 0.25) is 0 Å². The van der Waals surface area contributed by atoms with Gasteiger partial charge in [-0.25, -0.2) is 4.39 Å². The van der Waals surface area contributed by atoms with Crippen molar-refractivity contribution in [1.29, 1.82) is 0 Å². The summed E-state index contributed by atoms with van der Waals surface area (Å²) in [5.41, 5.74) is 3.35. The van der Waals surface area contributed by atoms with E-state index in [-0.39, 0.29) is 23.9 Å². The topological polar surface area (TPSA) is 92.3 Å². The minimum Gasteiger partial charge on any atom is -0.490 e. The third-order valence-electron chi connectivity index (χ3n) is 5.54. The molecule has 0 aliphatic heterocycles. The first-order valence-corrected chi connectivity index (χ1v) is 12.6. The molecule has 1 atom stereocenters. The second-order valence-electron chi connectivity index (χ2n) is 8.38. The fraction of sp³-hybridized carbons (Fsp3) is 0.259. The number of rotatable bonds is 11. The Morgan fingerprint density at radius 3 is 2.57 bits per heavy atom. The Bertz CT molecular complexity index is 1390. The number of aryl methyl sites for hydroxylation is 2. The SMILES string of the molecule is CCOc1cc([C@H](C[N+](=O)[O-])Sc2nnc(C)n2-c2cccc(C)c2)ccc1OCc1cccc(F)c1. The lowest BCUT2D eigenvalue weighted by Crippen LogP contribution is -2.12. The van der Waals surface area contributed by atoms with Crippen LogP contribution in [0.15, 0.2) is 71.9 Å². The van der Waals surface area contributed by atoms with E-state index in [1.54, 1.807) is 30.3 Å². The highest BCUT2D eigenvalue weighted by molar-refractivity contribution is 7.99. The first-order valence-electron chi connectivity index (χ1n) is 11.8. The maximum atomic E-state index is 13.5. The molecule has 0 aliphatic carbocycles. The van der Waals surface area contributed by atoms with Gasteiger partial charge in [-0.2, -0.15) is 0 Å². The average molecular weight is 523 g/mol. The second-order valence-corrected chi connectivity index (χ2v) is 9.55. The van der Waals surface area contributed by atoms with E-state index in [4.69, 9.17) is 9.47 Å². The van der Waals surface area contributed by atoms with E-state index in [0.29, 0.717) is 40.2 Å². The van der Waals surface area contributed by atoms with Crippen LogP contribution in [0, 0.1) is 29.8 Å². The van der Waals surface area contributed by atoms with Gasteiger partial charge >= 0.3 is 0 Å². The smallest absolute Gasteiger partial charge is 0.220 e. The number of aromatic nitrogens is 3. The van der Waals surface area contributed by atoms with E-state index in [0.717, 1.165) is 11.3 Å². The quantitative estimate of drug-likeness (QED) is 0.133. The lowest BCUT2D eigenvalue weighted by atomic mass is 10.1. The van der Waals surface area contributed by atoms with Crippen LogP contribution in [-0.4, -0.2) is 32.8 Å². The number of hydrogen-bond donors (Lipinski definition) is 0. The number of hydrogen-bond acceptors (Lipinski definition) is 7. The lowest BCUT2D eigenvalue weighted by Gasteiger charge is -2.17. The Morgan fingerprint density at radius 1 is 1.03 bits per heavy atom. The lowest BCUT2D eigenvalue weighted by molar-refractivity contribution is -0.479. The maximum Gasteiger partial charge on any atom is 0.220 e. The normalized spacial score (nSPS) is 11.8. The van der Waals surface area contributed by atoms with Gasteiger partial charge in [-0.1, -0.05) is 42.1 Å². The molecule has 8 nitrogen and oxygen atoms in total. The van der Waals surface area contributed by atoms with E-state index in [2.05, 4.69) is 10.2 Å². The third-order valence-corrected chi connectivity index (χ3v) is 6.72. The Labute approximate surface area is 218 Å². The summed E-state index contributed by atoms with van der Waals surface area (Å²) in [5.74, 6) is 1.28. The molecule has 1 heterocycles. The van der Waals surface area contributed by atoms with Gasteiger partial charge in [-0.3, -0.25) is 14.7 Å². The highest BCUT2D eigenvalue weighted by Crippen LogP contribution is 2.39. The summed E-state index contributed by atoms with van der Waals surface area (Å²) in [7, 11) is 0. The van der Waals surface area contributed by atoms with Crippen molar-refractivity contribution in [3.8, 4) is 17.2 Å². The molecule has 0 saturated heterocycles. The molecular weight excluding hydrogens is 495 g/mol. The maximum absolute atomic E-state index is 13.5. The molecule has 37 heavy (non-hydrogen) atoms. The van der Waals surface area contributed by atoms with Crippen LogP contribution in [0.1, 0.15) is 34.7 Å². The molecule has 3 aromatic carbocycles. The molecule has 0 bridgehead atoms. The number of nitro groups is 1. The Kier molecular flexibility index (Phi) is 8.39. The molecule has 0 saturated carbocycles. The number of halogens is 1. The standard InChI is InChI=1S/C27H27FN4O4S/c1-4-35-25-15-21(11-12-24(25)36-17-20-8-6-9-22(28)14-20)26(16-31(33)34)37-27-30-29-19(3)32(27)23-10-5-7-18(2)13-23/h5-15,26H,4,16-17H2,1-3H3/t26-/m0/s1. The van der Waals surface area contributed by atoms with Crippen molar-refractivity contribution < 1.29 is 18.8 Å². The van der Waals surface area contributed by atoms with Crippen molar-refractivity contribution in [2.24, 2.45) is 0 Å². The Balaban J connectivity index is 1.63. The number of benzene rings is 3. The molecule has 10 heteroatoms. The van der Waals surface area contributed by atoms with Crippen LogP contribution >= 0.6 is 11.8 Å². The molecule has 192 valence electrons. The molecule has 4 aromatic rings. The average Bonchev–Trinajstić information content (AvgIpc) is 3.22. The fourth-order valence-corrected chi connectivity index (χ4v) is 5.02. The first-order chi connectivity index (χ1) is 17.8. The molecule has 1 aromatic heterocycles. The van der Waals surface area contributed by atoms with E-state index in [1.165, 1.54) is 23.9 Å². The zero-order valence-corrected chi connectivity index (χ0v) is 21.6. The van der Waals surface area contributed by atoms with Gasteiger partial charge in [0, 0.05) is 10.6 Å². The molecule has 4 rings (SSSR count). The molecule has 0 spiro atoms. The largest absolute Gasteiger partial charge is 0.490 e. The molecular formula is C27H27FN4O4S. The summed E-state index contributed by atoms with van der Waals surface area (Å²) in [4.78, 5) is 11.3. The third kappa shape index (κ3) is 6.65. The van der Waals surface area contributed by atoms with Crippen LogP contribution in [0.3, 0.4) is 0 Å². The van der Waals surface area contributed by atoms with Crippen molar-refractivity contribution in [2.45, 2.75) is 37.8 Å². The summed E-state index contributed by atoms with van der Waals surface area (Å²) in [6, 6.07) is 19.4. The summed E-state index contributed by atoms with van der Waals surface area (Å²) in [6.45, 7) is 5.91. The van der Waals surface area contributed by atoms with Crippen LogP contribution in [0.4, 0.5) is 4.39 Å². The summed E-state index contributed by atoms with van der Waals surface area (Å²) in [6.07, 6.45) is 0. The zero-order chi connectivity index (χ0) is 26.4. The first kappa shape index (κ1) is 26.2. The van der Waals surface area contributed by atoms with Gasteiger partial charge in [-0.15, -0.1) is 10.2 Å². The van der Waals surface area contributed by atoms with Crippen molar-refractivity contribution in [1.82, 2.24) is 14.8 Å². The zero-order valence-electron chi connectivity index (χ0n) is 20.8. The van der Waals surface area contributed by atoms with E-state index < -0.39 is 5.25 Å². The monoisotopic (exact) mass is 522 g/mol. The van der Waals surface area contributed by atoms with Crippen LogP contribution in [0.5, 0.6) is 11.5 Å². The van der Waals surface area contributed by atoms with Crippen LogP contribution in [0.25, 0.3) is 5.69 Å². The van der Waals surface area contributed by atoms with Gasteiger partial charge in [0.05, 0.1) is 6.61 Å². The van der Waals surface area contributed by atoms with E-state index in [9.17, 15) is 14.5 Å². The molecule has 0 radical (unpaired) electrons. The predicted molar refractivity (Wildman–Crippen MR) is 140 cm³/mol. The molecule has 0 aliphatic rings. The van der Waals surface area contributed by atoms with Crippen LogP contribution < -0.4 is 9.47 Å². The highest BCUT2D eigenvalue weighted by atomic mass is 32.2. The van der Waals surface area contributed by atoms with Crippen LogP contribution in [-0.2, 0) is 6.61 Å². The van der Waals surface area contributed by atoms with Crippen molar-refractivity contribution in [2.75, 3.05) is 13.2 Å². The molecule has 0 unspecified atom stereocenters. The minimum atomic E-state index is -0.557. The van der Waals surface area contributed by atoms with Gasteiger partial charge < -0.3 is 9.47 Å². The highest BCUT2D eigenvalue weighted by Gasteiger charge is 2.25. The van der Waals surface area contributed by atoms with Gasteiger partial charge in [-0.05, 0) is 73.9 Å². The number of thioether (sulfide) groups is 1. The van der Waals surface area contributed by atoms with Crippen molar-refractivity contribution in [3.05, 3.63) is 105 Å². The summed E-state index contributed by atoms with van der Waals surface area (Å²) >= 11 is 1.27. The van der Waals surface area contributed by atoms with Gasteiger partial charge in [0.15, 0.2) is 16.7 Å². The van der Waals surface area contributed by atoms with Crippen molar-refractivity contribution in [3.63, 3.8) is 0 Å². The molecule has 0 amide bonds. The second kappa shape index (κ2) is 11.9. The van der Waals surface area contributed by atoms with E-state index >= 15 is 0 Å². The van der Waals surface area contributed by atoms with Gasteiger partial charge in [0.25, 0.3) is 0 Å². The number of ether oxygens (including phenoxy) is 2. The number of nitrogens with zero attached hydrogens (tertiary/aromatic N) is 4. The van der Waals surface area contributed by atoms with Crippen molar-refractivity contribution >= 4 is 11.8 Å². The molecule has 0 fully saturated rings. The summed E-state index contributed by atoms with van der Waals surface area (Å²) in [5, 5.41) is 20.1. The summed E-state index contributed by atoms with van der Waals surface area (Å²) < 4.78 is 27.1. The minimum absolute atomic E-state index is 0.156.